The number of pyridine rings is 1. The van der Waals surface area contributed by atoms with Crippen LogP contribution < -0.4 is 10.2 Å². The van der Waals surface area contributed by atoms with Crippen LogP contribution in [0.2, 0.25) is 0 Å². The van der Waals surface area contributed by atoms with Crippen molar-refractivity contribution in [1.29, 1.82) is 0 Å². The van der Waals surface area contributed by atoms with Crippen LogP contribution in [0.15, 0.2) is 123 Å². The third kappa shape index (κ3) is 8.09. The molecule has 260 valence electrons. The number of benzene rings is 2. The number of carbonyl (C=O) groups is 2. The highest BCUT2D eigenvalue weighted by Gasteiger charge is 2.34. The summed E-state index contributed by atoms with van der Waals surface area (Å²) in [6, 6.07) is 29.1. The monoisotopic (exact) mass is 684 g/mol. The highest BCUT2D eigenvalue weighted by atomic mass is 16.5. The van der Waals surface area contributed by atoms with Crippen LogP contribution in [0, 0.1) is 5.92 Å². The number of carbonyl (C=O) groups excluding carboxylic acids is 2. The molecule has 2 amide bonds. The van der Waals surface area contributed by atoms with E-state index < -0.39 is 0 Å². The van der Waals surface area contributed by atoms with E-state index in [1.807, 2.05) is 53.4 Å². The van der Waals surface area contributed by atoms with Gasteiger partial charge in [-0.15, -0.1) is 0 Å². The van der Waals surface area contributed by atoms with Crippen molar-refractivity contribution in [2.24, 2.45) is 5.92 Å². The van der Waals surface area contributed by atoms with Gasteiger partial charge in [0.1, 0.15) is 5.76 Å². The van der Waals surface area contributed by atoms with Gasteiger partial charge in [0.05, 0.1) is 12.8 Å². The Morgan fingerprint density at radius 1 is 0.863 bits per heavy atom. The molecule has 7 rings (SSSR count). The second-order valence-corrected chi connectivity index (χ2v) is 12.8. The van der Waals surface area contributed by atoms with Gasteiger partial charge in [0.2, 0.25) is 0 Å². The summed E-state index contributed by atoms with van der Waals surface area (Å²) in [6.07, 6.45) is 8.69. The summed E-state index contributed by atoms with van der Waals surface area (Å²) < 4.78 is 16.6. The molecule has 0 radical (unpaired) electrons. The molecule has 1 aliphatic rings. The second-order valence-electron chi connectivity index (χ2n) is 12.8. The summed E-state index contributed by atoms with van der Waals surface area (Å²) in [5.41, 5.74) is 4.52. The van der Waals surface area contributed by atoms with E-state index in [4.69, 9.17) is 13.5 Å². The van der Waals surface area contributed by atoms with E-state index in [0.717, 1.165) is 54.8 Å². The smallest absolute Gasteiger partial charge is 0.276 e. The Balaban J connectivity index is 0.958. The molecule has 2 unspecified atom stereocenters. The Labute approximate surface area is 296 Å². The molecule has 4 aromatic heterocycles. The lowest BCUT2D eigenvalue weighted by Gasteiger charge is -2.28. The summed E-state index contributed by atoms with van der Waals surface area (Å²) in [7, 11) is 0. The van der Waals surface area contributed by atoms with Crippen LogP contribution in [-0.2, 0) is 13.0 Å². The highest BCUT2D eigenvalue weighted by Crippen LogP contribution is 2.34. The third-order valence-electron chi connectivity index (χ3n) is 9.45. The van der Waals surface area contributed by atoms with Gasteiger partial charge >= 0.3 is 0 Å². The molecule has 1 N–H and O–H groups in total. The summed E-state index contributed by atoms with van der Waals surface area (Å²) in [4.78, 5) is 34.9. The number of amides is 2. The van der Waals surface area contributed by atoms with Gasteiger partial charge in [0.15, 0.2) is 22.9 Å². The number of hydrogen-bond acceptors (Lipinski definition) is 9. The van der Waals surface area contributed by atoms with Gasteiger partial charge in [-0.05, 0) is 80.5 Å². The van der Waals surface area contributed by atoms with Crippen LogP contribution >= 0.6 is 0 Å². The molecule has 0 spiro atoms. The molecule has 2 aromatic carbocycles. The molecule has 6 aromatic rings. The number of rotatable bonds is 14. The maximum absolute atomic E-state index is 13.9. The minimum Gasteiger partial charge on any atom is -0.467 e. The van der Waals surface area contributed by atoms with E-state index >= 15 is 0 Å². The summed E-state index contributed by atoms with van der Waals surface area (Å²) in [6.45, 7) is 4.36. The number of aromatic nitrogens is 3. The molecule has 1 fully saturated rings. The third-order valence-corrected chi connectivity index (χ3v) is 9.45. The van der Waals surface area contributed by atoms with Gasteiger partial charge in [-0.2, -0.15) is 0 Å². The molecule has 0 aliphatic heterocycles. The largest absolute Gasteiger partial charge is 0.467 e. The summed E-state index contributed by atoms with van der Waals surface area (Å²) >= 11 is 0. The standard InChI is InChI=1S/C40H40N6O5/c1-2-45(19-18-42-39(47)35-24-38(51-43-35)31-12-7-17-41-26-31)32-13-6-9-28(22-32)21-29-15-16-33(23-29)46(27-34-14-8-20-49-34)40(48)36-25-37(50-44-36)30-10-4-3-5-11-30/h3-14,17,20,22,24-26,29,33H,2,15-16,18-19,21,23,27H2,1H3,(H,42,47). The van der Waals surface area contributed by atoms with Crippen molar-refractivity contribution in [3.8, 4) is 22.6 Å². The molecule has 0 saturated heterocycles. The molecular weight excluding hydrogens is 644 g/mol. The van der Waals surface area contributed by atoms with Crippen molar-refractivity contribution in [2.45, 2.75) is 45.2 Å². The fraction of sp³-hybridized carbons (Fsp3) is 0.275. The fourth-order valence-electron chi connectivity index (χ4n) is 6.82. The van der Waals surface area contributed by atoms with Gasteiger partial charge < -0.3 is 28.6 Å². The Kier molecular flexibility index (Phi) is 10.3. The average molecular weight is 685 g/mol. The van der Waals surface area contributed by atoms with Crippen LogP contribution in [-0.4, -0.2) is 57.7 Å². The van der Waals surface area contributed by atoms with E-state index in [-0.39, 0.29) is 23.6 Å². The molecule has 11 heteroatoms. The maximum atomic E-state index is 13.9. The van der Waals surface area contributed by atoms with Crippen molar-refractivity contribution >= 4 is 17.5 Å². The Morgan fingerprint density at radius 2 is 1.67 bits per heavy atom. The van der Waals surface area contributed by atoms with Gasteiger partial charge in [-0.1, -0.05) is 52.8 Å². The van der Waals surface area contributed by atoms with Crippen molar-refractivity contribution in [3.63, 3.8) is 0 Å². The number of hydrogen-bond donors (Lipinski definition) is 1. The van der Waals surface area contributed by atoms with Crippen LogP contribution in [0.1, 0.15) is 58.5 Å². The molecule has 4 heterocycles. The highest BCUT2D eigenvalue weighted by molar-refractivity contribution is 5.93. The number of anilines is 1. The molecule has 51 heavy (non-hydrogen) atoms. The maximum Gasteiger partial charge on any atom is 0.276 e. The number of nitrogens with zero attached hydrogens (tertiary/aromatic N) is 5. The normalized spacial score (nSPS) is 15.5. The minimum atomic E-state index is -0.283. The summed E-state index contributed by atoms with van der Waals surface area (Å²) in [5, 5.41) is 11.1. The SMILES string of the molecule is CCN(CCNC(=O)c1cc(-c2cccnc2)on1)c1cccc(CC2CCC(N(Cc3ccco3)C(=O)c3cc(-c4ccccc4)on3)C2)c1. The van der Waals surface area contributed by atoms with E-state index in [2.05, 4.69) is 56.7 Å². The number of furan rings is 1. The zero-order chi connectivity index (χ0) is 35.0. The average Bonchev–Trinajstić information content (AvgIpc) is 4.01. The number of nitrogens with one attached hydrogen (secondary N) is 1. The van der Waals surface area contributed by atoms with E-state index in [0.29, 0.717) is 42.8 Å². The summed E-state index contributed by atoms with van der Waals surface area (Å²) in [5.74, 6) is 1.77. The molecule has 2 atom stereocenters. The topological polar surface area (TPSA) is 131 Å². The van der Waals surface area contributed by atoms with Crippen molar-refractivity contribution in [3.05, 3.63) is 132 Å². The lowest BCUT2D eigenvalue weighted by Crippen LogP contribution is -2.38. The minimum absolute atomic E-state index is 0.0496. The molecule has 11 nitrogen and oxygen atoms in total. The van der Waals surface area contributed by atoms with E-state index in [9.17, 15) is 9.59 Å². The molecule has 0 bridgehead atoms. The van der Waals surface area contributed by atoms with Crippen LogP contribution in [0.5, 0.6) is 0 Å². The zero-order valence-electron chi connectivity index (χ0n) is 28.5. The predicted molar refractivity (Wildman–Crippen MR) is 192 cm³/mol. The van der Waals surface area contributed by atoms with Gasteiger partial charge in [-0.25, -0.2) is 0 Å². The molecule has 1 saturated carbocycles. The Hall–Kier alpha value is -5.97. The first-order chi connectivity index (χ1) is 25.0. The molecular formula is C40H40N6O5. The predicted octanol–water partition coefficient (Wildman–Crippen LogP) is 7.29. The first-order valence-corrected chi connectivity index (χ1v) is 17.4. The quantitative estimate of drug-likeness (QED) is 0.126. The van der Waals surface area contributed by atoms with E-state index in [1.165, 1.54) is 5.56 Å². The Bertz CT molecular complexity index is 2020. The Morgan fingerprint density at radius 3 is 2.45 bits per heavy atom. The van der Waals surface area contributed by atoms with Gasteiger partial charge in [0.25, 0.3) is 11.8 Å². The zero-order valence-corrected chi connectivity index (χ0v) is 28.5. The van der Waals surface area contributed by atoms with Crippen LogP contribution in [0.3, 0.4) is 0 Å². The van der Waals surface area contributed by atoms with E-state index in [1.54, 1.807) is 36.9 Å². The first-order valence-electron chi connectivity index (χ1n) is 17.4. The van der Waals surface area contributed by atoms with Crippen LogP contribution in [0.25, 0.3) is 22.6 Å². The van der Waals surface area contributed by atoms with Gasteiger partial charge in [-0.3, -0.25) is 14.6 Å². The van der Waals surface area contributed by atoms with Crippen molar-refractivity contribution in [1.82, 2.24) is 25.5 Å². The molecule has 1 aliphatic carbocycles. The van der Waals surface area contributed by atoms with Crippen molar-refractivity contribution < 1.29 is 23.1 Å². The second kappa shape index (κ2) is 15.7. The van der Waals surface area contributed by atoms with Gasteiger partial charge in [0, 0.05) is 67.0 Å². The lowest BCUT2D eigenvalue weighted by atomic mass is 9.97. The van der Waals surface area contributed by atoms with Crippen LogP contribution in [0.4, 0.5) is 5.69 Å². The lowest BCUT2D eigenvalue weighted by molar-refractivity contribution is 0.0634. The first kappa shape index (κ1) is 33.5. The fourth-order valence-corrected chi connectivity index (χ4v) is 6.82. The van der Waals surface area contributed by atoms with Crippen molar-refractivity contribution in [2.75, 3.05) is 24.5 Å². The number of likely N-dealkylation sites (N-methyl/N-ethyl adjacent to an activating group) is 1.